The summed E-state index contributed by atoms with van der Waals surface area (Å²) in [4.78, 5) is 15.8. The summed E-state index contributed by atoms with van der Waals surface area (Å²) in [5, 5.41) is 4.07. The van der Waals surface area contributed by atoms with Crippen LogP contribution >= 0.6 is 31.9 Å². The zero-order valence-electron chi connectivity index (χ0n) is 8.81. The molecule has 6 heteroatoms. The van der Waals surface area contributed by atoms with Gasteiger partial charge in [0.15, 0.2) is 0 Å². The third-order valence-electron chi connectivity index (χ3n) is 2.30. The van der Waals surface area contributed by atoms with Crippen LogP contribution in [0.1, 0.15) is 5.56 Å². The molecule has 2 aromatic rings. The lowest BCUT2D eigenvalue weighted by atomic mass is 10.2. The lowest BCUT2D eigenvalue weighted by Crippen LogP contribution is -2.24. The molecule has 0 amide bonds. The van der Waals surface area contributed by atoms with Crippen LogP contribution in [0.3, 0.4) is 0 Å². The summed E-state index contributed by atoms with van der Waals surface area (Å²) in [5.41, 5.74) is 1.00. The molecular formula is C11H9Br2N3O. The Hall–Kier alpha value is -1.01. The zero-order chi connectivity index (χ0) is 12.3. The maximum Gasteiger partial charge on any atom is 0.282 e. The number of rotatable bonds is 3. The smallest absolute Gasteiger partial charge is 0.266 e. The summed E-state index contributed by atoms with van der Waals surface area (Å²) in [7, 11) is 0. The molecular weight excluding hydrogens is 350 g/mol. The minimum absolute atomic E-state index is 0.131. The molecule has 0 atom stereocenters. The number of aromatic nitrogens is 3. The zero-order valence-corrected chi connectivity index (χ0v) is 12.0. The molecule has 0 aliphatic heterocycles. The van der Waals surface area contributed by atoms with E-state index in [0.717, 1.165) is 12.0 Å². The van der Waals surface area contributed by atoms with Crippen LogP contribution in [0.25, 0.3) is 0 Å². The second-order valence-corrected chi connectivity index (χ2v) is 5.09. The maximum absolute atomic E-state index is 11.8. The molecule has 0 bridgehead atoms. The van der Waals surface area contributed by atoms with Crippen molar-refractivity contribution in [2.45, 2.75) is 13.0 Å². The van der Waals surface area contributed by atoms with Gasteiger partial charge in [-0.05, 0) is 56.0 Å². The first-order valence-corrected chi connectivity index (χ1v) is 6.57. The summed E-state index contributed by atoms with van der Waals surface area (Å²) in [6.45, 7) is 0.550. The topological polar surface area (TPSA) is 47.8 Å². The minimum Gasteiger partial charge on any atom is -0.266 e. The van der Waals surface area contributed by atoms with Gasteiger partial charge in [0.2, 0.25) is 0 Å². The molecule has 0 unspecified atom stereocenters. The van der Waals surface area contributed by atoms with Gasteiger partial charge in [-0.2, -0.15) is 5.10 Å². The first kappa shape index (κ1) is 12.4. The van der Waals surface area contributed by atoms with Crippen molar-refractivity contribution in [1.82, 2.24) is 14.8 Å². The first-order valence-electron chi connectivity index (χ1n) is 4.98. The predicted molar refractivity (Wildman–Crippen MR) is 71.8 cm³/mol. The summed E-state index contributed by atoms with van der Waals surface area (Å²) in [6.07, 6.45) is 5.84. The molecule has 2 heterocycles. The van der Waals surface area contributed by atoms with Crippen LogP contribution < -0.4 is 5.56 Å². The summed E-state index contributed by atoms with van der Waals surface area (Å²) < 4.78 is 2.61. The third kappa shape index (κ3) is 3.01. The van der Waals surface area contributed by atoms with E-state index in [0.29, 0.717) is 15.5 Å². The van der Waals surface area contributed by atoms with Crippen molar-refractivity contribution in [3.8, 4) is 0 Å². The second kappa shape index (κ2) is 5.55. The fraction of sp³-hybridized carbons (Fsp3) is 0.182. The standard InChI is InChI=1S/C11H9Br2N3O/c12-9-7-15-16(11(17)10(9)13)6-3-8-1-4-14-5-2-8/h1-2,4-5,7H,3,6H2. The van der Waals surface area contributed by atoms with Gasteiger partial charge in [0.1, 0.15) is 4.47 Å². The van der Waals surface area contributed by atoms with Crippen molar-refractivity contribution in [3.05, 3.63) is 55.6 Å². The van der Waals surface area contributed by atoms with E-state index in [9.17, 15) is 4.79 Å². The van der Waals surface area contributed by atoms with Crippen LogP contribution in [0.2, 0.25) is 0 Å². The van der Waals surface area contributed by atoms with Gasteiger partial charge < -0.3 is 0 Å². The lowest BCUT2D eigenvalue weighted by molar-refractivity contribution is 0.573. The predicted octanol–water partition coefficient (Wildman–Crippen LogP) is 2.41. The Bertz CT molecular complexity index is 569. The molecule has 0 aliphatic carbocycles. The van der Waals surface area contributed by atoms with Crippen LogP contribution in [0.15, 0.2) is 44.5 Å². The van der Waals surface area contributed by atoms with Crippen molar-refractivity contribution in [1.29, 1.82) is 0 Å². The number of nitrogens with zero attached hydrogens (tertiary/aromatic N) is 3. The second-order valence-electron chi connectivity index (χ2n) is 3.44. The number of hydrogen-bond donors (Lipinski definition) is 0. The normalized spacial score (nSPS) is 10.5. The van der Waals surface area contributed by atoms with Gasteiger partial charge in [-0.25, -0.2) is 4.68 Å². The minimum atomic E-state index is -0.131. The largest absolute Gasteiger partial charge is 0.282 e. The molecule has 4 nitrogen and oxygen atoms in total. The fourth-order valence-corrected chi connectivity index (χ4v) is 1.96. The van der Waals surface area contributed by atoms with Gasteiger partial charge in [-0.15, -0.1) is 0 Å². The Morgan fingerprint density at radius 3 is 2.65 bits per heavy atom. The molecule has 0 spiro atoms. The van der Waals surface area contributed by atoms with Crippen molar-refractivity contribution < 1.29 is 0 Å². The number of aryl methyl sites for hydroxylation is 2. The Morgan fingerprint density at radius 2 is 1.94 bits per heavy atom. The number of pyridine rings is 1. The van der Waals surface area contributed by atoms with Gasteiger partial charge in [-0.3, -0.25) is 9.78 Å². The van der Waals surface area contributed by atoms with E-state index >= 15 is 0 Å². The quantitative estimate of drug-likeness (QED) is 0.846. The van der Waals surface area contributed by atoms with Crippen LogP contribution in [0.5, 0.6) is 0 Å². The van der Waals surface area contributed by atoms with Gasteiger partial charge in [-0.1, -0.05) is 0 Å². The molecule has 17 heavy (non-hydrogen) atoms. The number of halogens is 2. The van der Waals surface area contributed by atoms with E-state index in [1.54, 1.807) is 18.6 Å². The Kier molecular flexibility index (Phi) is 4.06. The molecule has 0 saturated carbocycles. The molecule has 0 fully saturated rings. The highest BCUT2D eigenvalue weighted by atomic mass is 79.9. The van der Waals surface area contributed by atoms with Crippen molar-refractivity contribution in [2.24, 2.45) is 0 Å². The maximum atomic E-state index is 11.8. The first-order chi connectivity index (χ1) is 8.18. The van der Waals surface area contributed by atoms with Gasteiger partial charge in [0.05, 0.1) is 10.7 Å². The van der Waals surface area contributed by atoms with Crippen molar-refractivity contribution >= 4 is 31.9 Å². The molecule has 2 aromatic heterocycles. The summed E-state index contributed by atoms with van der Waals surface area (Å²) in [6, 6.07) is 3.86. The van der Waals surface area contributed by atoms with E-state index < -0.39 is 0 Å². The summed E-state index contributed by atoms with van der Waals surface area (Å²) >= 11 is 6.47. The number of hydrogen-bond acceptors (Lipinski definition) is 3. The van der Waals surface area contributed by atoms with E-state index in [1.165, 1.54) is 4.68 Å². The third-order valence-corrected chi connectivity index (χ3v) is 4.20. The van der Waals surface area contributed by atoms with E-state index in [2.05, 4.69) is 41.9 Å². The molecule has 0 radical (unpaired) electrons. The Labute approximate surface area is 115 Å². The highest BCUT2D eigenvalue weighted by Crippen LogP contribution is 2.16. The van der Waals surface area contributed by atoms with E-state index in [-0.39, 0.29) is 5.56 Å². The van der Waals surface area contributed by atoms with Crippen LogP contribution in [0, 0.1) is 0 Å². The summed E-state index contributed by atoms with van der Waals surface area (Å²) in [5.74, 6) is 0. The average molecular weight is 359 g/mol. The van der Waals surface area contributed by atoms with Gasteiger partial charge in [0.25, 0.3) is 5.56 Å². The Balaban J connectivity index is 2.16. The van der Waals surface area contributed by atoms with Crippen molar-refractivity contribution in [3.63, 3.8) is 0 Å². The van der Waals surface area contributed by atoms with E-state index in [4.69, 9.17) is 0 Å². The molecule has 0 N–H and O–H groups in total. The highest BCUT2D eigenvalue weighted by Gasteiger charge is 2.06. The molecule has 2 rings (SSSR count). The SMILES string of the molecule is O=c1c(Br)c(Br)cnn1CCc1ccncc1. The lowest BCUT2D eigenvalue weighted by Gasteiger charge is -2.05. The molecule has 88 valence electrons. The van der Waals surface area contributed by atoms with Crippen molar-refractivity contribution in [2.75, 3.05) is 0 Å². The molecule has 0 saturated heterocycles. The molecule has 0 aliphatic rings. The average Bonchev–Trinajstić information content (AvgIpc) is 2.36. The van der Waals surface area contributed by atoms with Crippen LogP contribution in [0.4, 0.5) is 0 Å². The Morgan fingerprint density at radius 1 is 1.24 bits per heavy atom. The van der Waals surface area contributed by atoms with E-state index in [1.807, 2.05) is 12.1 Å². The highest BCUT2D eigenvalue weighted by molar-refractivity contribution is 9.13. The van der Waals surface area contributed by atoms with Crippen LogP contribution in [-0.4, -0.2) is 14.8 Å². The van der Waals surface area contributed by atoms with Gasteiger partial charge >= 0.3 is 0 Å². The monoisotopic (exact) mass is 357 g/mol. The fourth-order valence-electron chi connectivity index (χ4n) is 1.39. The molecule has 0 aromatic carbocycles. The van der Waals surface area contributed by atoms with Gasteiger partial charge in [0, 0.05) is 18.9 Å². The van der Waals surface area contributed by atoms with Crippen LogP contribution in [-0.2, 0) is 13.0 Å².